The van der Waals surface area contributed by atoms with Crippen molar-refractivity contribution < 1.29 is 0 Å². The molecule has 2 aromatic carbocycles. The number of hydrogen-bond donors (Lipinski definition) is 2. The molecule has 0 saturated heterocycles. The lowest BCUT2D eigenvalue weighted by molar-refractivity contribution is 0.900. The maximum Gasteiger partial charge on any atom is 0.0395 e. The zero-order valence-corrected chi connectivity index (χ0v) is 10.3. The molecule has 0 saturated carbocycles. The fourth-order valence-corrected chi connectivity index (χ4v) is 1.85. The lowest BCUT2D eigenvalue weighted by atomic mass is 10.0. The van der Waals surface area contributed by atoms with E-state index in [0.717, 1.165) is 22.5 Å². The Bertz CT molecular complexity index is 490. The number of nitrogens with one attached hydrogen (secondary N) is 1. The molecule has 3 N–H and O–H groups in total. The van der Waals surface area contributed by atoms with Crippen LogP contribution in [0.3, 0.4) is 0 Å². The maximum atomic E-state index is 6.02. The van der Waals surface area contributed by atoms with Gasteiger partial charge in [0, 0.05) is 23.0 Å². The minimum atomic E-state index is 0.419. The number of nitrogen functional groups attached to an aromatic ring is 1. The van der Waals surface area contributed by atoms with Crippen LogP contribution in [0.2, 0.25) is 0 Å². The fraction of sp³-hybridized carbons (Fsp3) is 0.200. The van der Waals surface area contributed by atoms with E-state index in [2.05, 4.69) is 37.4 Å². The van der Waals surface area contributed by atoms with Gasteiger partial charge < -0.3 is 11.1 Å². The fourth-order valence-electron chi connectivity index (χ4n) is 1.85. The van der Waals surface area contributed by atoms with Gasteiger partial charge in [-0.3, -0.25) is 0 Å². The van der Waals surface area contributed by atoms with Crippen LogP contribution in [0, 0.1) is 0 Å². The van der Waals surface area contributed by atoms with Gasteiger partial charge in [-0.15, -0.1) is 0 Å². The van der Waals surface area contributed by atoms with Crippen molar-refractivity contribution in [3.05, 3.63) is 48.5 Å². The van der Waals surface area contributed by atoms with E-state index in [4.69, 9.17) is 5.73 Å². The van der Waals surface area contributed by atoms with Gasteiger partial charge in [-0.2, -0.15) is 0 Å². The van der Waals surface area contributed by atoms with Crippen LogP contribution in [0.25, 0.3) is 11.1 Å². The Morgan fingerprint density at radius 1 is 1.00 bits per heavy atom. The van der Waals surface area contributed by atoms with Gasteiger partial charge in [0.15, 0.2) is 0 Å². The molecule has 0 heterocycles. The molecule has 0 amide bonds. The van der Waals surface area contributed by atoms with Crippen molar-refractivity contribution in [1.29, 1.82) is 0 Å². The number of rotatable bonds is 3. The van der Waals surface area contributed by atoms with Crippen LogP contribution in [0.5, 0.6) is 0 Å². The first-order valence-corrected chi connectivity index (χ1v) is 5.88. The van der Waals surface area contributed by atoms with Gasteiger partial charge >= 0.3 is 0 Å². The first-order chi connectivity index (χ1) is 8.16. The molecule has 2 heteroatoms. The van der Waals surface area contributed by atoms with Gasteiger partial charge in [-0.25, -0.2) is 0 Å². The SMILES string of the molecule is CC(C)Nc1ccc(N)c(-c2ccccc2)c1. The van der Waals surface area contributed by atoms with Gasteiger partial charge in [0.25, 0.3) is 0 Å². The third-order valence-electron chi connectivity index (χ3n) is 2.59. The minimum absolute atomic E-state index is 0.419. The third-order valence-corrected chi connectivity index (χ3v) is 2.59. The summed E-state index contributed by atoms with van der Waals surface area (Å²) < 4.78 is 0. The largest absolute Gasteiger partial charge is 0.398 e. The van der Waals surface area contributed by atoms with E-state index in [1.807, 2.05) is 30.3 Å². The van der Waals surface area contributed by atoms with Crippen molar-refractivity contribution in [1.82, 2.24) is 0 Å². The third kappa shape index (κ3) is 2.78. The van der Waals surface area contributed by atoms with E-state index in [1.54, 1.807) is 0 Å². The predicted molar refractivity (Wildman–Crippen MR) is 75.0 cm³/mol. The van der Waals surface area contributed by atoms with Gasteiger partial charge in [0.1, 0.15) is 0 Å². The standard InChI is InChI=1S/C15H18N2/c1-11(2)17-13-8-9-15(16)14(10-13)12-6-4-3-5-7-12/h3-11,17H,16H2,1-2H3. The first kappa shape index (κ1) is 11.5. The molecule has 0 fully saturated rings. The van der Waals surface area contributed by atoms with E-state index in [-0.39, 0.29) is 0 Å². The highest BCUT2D eigenvalue weighted by molar-refractivity contribution is 5.79. The lowest BCUT2D eigenvalue weighted by Crippen LogP contribution is -2.09. The smallest absolute Gasteiger partial charge is 0.0395 e. The van der Waals surface area contributed by atoms with Gasteiger partial charge in [0.2, 0.25) is 0 Å². The molecule has 0 radical (unpaired) electrons. The van der Waals surface area contributed by atoms with Crippen LogP contribution in [-0.2, 0) is 0 Å². The Hall–Kier alpha value is -1.96. The molecule has 0 atom stereocenters. The molecule has 0 aromatic heterocycles. The van der Waals surface area contributed by atoms with E-state index in [1.165, 1.54) is 0 Å². The van der Waals surface area contributed by atoms with E-state index in [0.29, 0.717) is 6.04 Å². The zero-order chi connectivity index (χ0) is 12.3. The summed E-state index contributed by atoms with van der Waals surface area (Å²) in [6, 6.07) is 16.7. The average molecular weight is 226 g/mol. The molecule has 0 aliphatic carbocycles. The Kier molecular flexibility index (Phi) is 3.33. The topological polar surface area (TPSA) is 38.0 Å². The summed E-state index contributed by atoms with van der Waals surface area (Å²) in [4.78, 5) is 0. The highest BCUT2D eigenvalue weighted by atomic mass is 14.9. The van der Waals surface area contributed by atoms with Crippen LogP contribution < -0.4 is 11.1 Å². The molecule has 0 bridgehead atoms. The summed E-state index contributed by atoms with van der Waals surface area (Å²) in [5.74, 6) is 0. The van der Waals surface area contributed by atoms with Crippen molar-refractivity contribution in [3.63, 3.8) is 0 Å². The molecular formula is C15H18N2. The second-order valence-electron chi connectivity index (χ2n) is 4.47. The van der Waals surface area contributed by atoms with Crippen molar-refractivity contribution in [2.75, 3.05) is 11.1 Å². The van der Waals surface area contributed by atoms with E-state index < -0.39 is 0 Å². The monoisotopic (exact) mass is 226 g/mol. The van der Waals surface area contributed by atoms with Crippen molar-refractivity contribution >= 4 is 11.4 Å². The van der Waals surface area contributed by atoms with Crippen molar-refractivity contribution in [2.24, 2.45) is 0 Å². The number of benzene rings is 2. The van der Waals surface area contributed by atoms with Crippen molar-refractivity contribution in [2.45, 2.75) is 19.9 Å². The van der Waals surface area contributed by atoms with E-state index in [9.17, 15) is 0 Å². The molecule has 2 aromatic rings. The summed E-state index contributed by atoms with van der Waals surface area (Å²) in [7, 11) is 0. The summed E-state index contributed by atoms with van der Waals surface area (Å²) >= 11 is 0. The number of hydrogen-bond acceptors (Lipinski definition) is 2. The Morgan fingerprint density at radius 3 is 2.35 bits per heavy atom. The average Bonchev–Trinajstić information content (AvgIpc) is 2.32. The summed E-state index contributed by atoms with van der Waals surface area (Å²) in [6.07, 6.45) is 0. The Labute approximate surface area is 102 Å². The van der Waals surface area contributed by atoms with Crippen LogP contribution in [0.4, 0.5) is 11.4 Å². The summed E-state index contributed by atoms with van der Waals surface area (Å²) in [5.41, 5.74) is 10.2. The highest BCUT2D eigenvalue weighted by Crippen LogP contribution is 2.28. The zero-order valence-electron chi connectivity index (χ0n) is 10.3. The molecule has 0 unspecified atom stereocenters. The molecular weight excluding hydrogens is 208 g/mol. The van der Waals surface area contributed by atoms with Gasteiger partial charge in [-0.1, -0.05) is 30.3 Å². The Balaban J connectivity index is 2.40. The van der Waals surface area contributed by atoms with E-state index >= 15 is 0 Å². The first-order valence-electron chi connectivity index (χ1n) is 5.88. The molecule has 88 valence electrons. The van der Waals surface area contributed by atoms with Crippen molar-refractivity contribution in [3.8, 4) is 11.1 Å². The quantitative estimate of drug-likeness (QED) is 0.782. The van der Waals surface area contributed by atoms with Gasteiger partial charge in [0.05, 0.1) is 0 Å². The predicted octanol–water partition coefficient (Wildman–Crippen LogP) is 3.76. The Morgan fingerprint density at radius 2 is 1.71 bits per heavy atom. The molecule has 2 rings (SSSR count). The van der Waals surface area contributed by atoms with Crippen LogP contribution in [0.15, 0.2) is 48.5 Å². The maximum absolute atomic E-state index is 6.02. The summed E-state index contributed by atoms with van der Waals surface area (Å²) in [6.45, 7) is 4.25. The lowest BCUT2D eigenvalue weighted by Gasteiger charge is -2.13. The highest BCUT2D eigenvalue weighted by Gasteiger charge is 2.04. The van der Waals surface area contributed by atoms with Crippen LogP contribution in [0.1, 0.15) is 13.8 Å². The number of anilines is 2. The van der Waals surface area contributed by atoms with Crippen LogP contribution in [-0.4, -0.2) is 6.04 Å². The summed E-state index contributed by atoms with van der Waals surface area (Å²) in [5, 5.41) is 3.39. The van der Waals surface area contributed by atoms with Crippen LogP contribution >= 0.6 is 0 Å². The second kappa shape index (κ2) is 4.91. The molecule has 0 spiro atoms. The second-order valence-corrected chi connectivity index (χ2v) is 4.47. The van der Waals surface area contributed by atoms with Gasteiger partial charge in [-0.05, 0) is 37.6 Å². The molecule has 0 aliphatic rings. The normalized spacial score (nSPS) is 10.5. The molecule has 2 nitrogen and oxygen atoms in total. The minimum Gasteiger partial charge on any atom is -0.398 e. The number of nitrogens with two attached hydrogens (primary N) is 1. The molecule has 0 aliphatic heterocycles. The molecule has 17 heavy (non-hydrogen) atoms.